The monoisotopic (exact) mass is 507 g/mol. The van der Waals surface area contributed by atoms with Crippen LogP contribution in [0.2, 0.25) is 0 Å². The highest BCUT2D eigenvalue weighted by Gasteiger charge is 2.43. The van der Waals surface area contributed by atoms with E-state index in [-0.39, 0.29) is 48.4 Å². The van der Waals surface area contributed by atoms with E-state index in [1.54, 1.807) is 0 Å². The molecule has 0 amide bonds. The van der Waals surface area contributed by atoms with Crippen molar-refractivity contribution < 1.29 is 45.9 Å². The number of nitrogens with zero attached hydrogens (tertiary/aromatic N) is 1. The number of fused-ring (bicyclic) bond motifs is 1. The van der Waals surface area contributed by atoms with Gasteiger partial charge in [0.15, 0.2) is 0 Å². The molecule has 6 nitrogen and oxygen atoms in total. The molecule has 0 saturated heterocycles. The molecule has 0 bridgehead atoms. The maximum atomic E-state index is 14.0. The zero-order valence-electron chi connectivity index (χ0n) is 18.6. The predicted molar refractivity (Wildman–Crippen MR) is 113 cm³/mol. The number of halogens is 6. The topological polar surface area (TPSA) is 89.7 Å². The van der Waals surface area contributed by atoms with E-state index in [9.17, 15) is 41.3 Å². The van der Waals surface area contributed by atoms with Crippen molar-refractivity contribution in [3.63, 3.8) is 0 Å². The van der Waals surface area contributed by atoms with Gasteiger partial charge in [0.1, 0.15) is 11.3 Å². The van der Waals surface area contributed by atoms with Crippen LogP contribution in [0.25, 0.3) is 10.8 Å². The number of aliphatic carboxylic acids is 1. The summed E-state index contributed by atoms with van der Waals surface area (Å²) in [7, 11) is 0. The second kappa shape index (κ2) is 9.54. The maximum Gasteiger partial charge on any atom is 0.420 e. The summed E-state index contributed by atoms with van der Waals surface area (Å²) in [4.78, 5) is 21.9. The number of hydrogen-bond donors (Lipinski definition) is 1. The Morgan fingerprint density at radius 2 is 1.71 bits per heavy atom. The van der Waals surface area contributed by atoms with Crippen molar-refractivity contribution in [2.45, 2.75) is 69.4 Å². The summed E-state index contributed by atoms with van der Waals surface area (Å²) < 4.78 is 86.2. The molecule has 1 atom stereocenters. The van der Waals surface area contributed by atoms with Crippen LogP contribution in [0.5, 0.6) is 5.75 Å². The van der Waals surface area contributed by atoms with Gasteiger partial charge in [-0.05, 0) is 48.6 Å². The minimum absolute atomic E-state index is 0.0337. The number of rotatable bonds is 7. The molecule has 1 aliphatic rings. The molecule has 1 unspecified atom stereocenters. The first-order valence-corrected chi connectivity index (χ1v) is 10.9. The second-order valence-electron chi connectivity index (χ2n) is 8.93. The van der Waals surface area contributed by atoms with Gasteiger partial charge in [-0.25, -0.2) is 0 Å². The van der Waals surface area contributed by atoms with E-state index in [1.165, 1.54) is 19.1 Å². The summed E-state index contributed by atoms with van der Waals surface area (Å²) in [5.74, 6) is -3.27. The Hall–Kier alpha value is -3.05. The van der Waals surface area contributed by atoms with Gasteiger partial charge in [-0.2, -0.15) is 26.3 Å². The van der Waals surface area contributed by atoms with E-state index >= 15 is 0 Å². The summed E-state index contributed by atoms with van der Waals surface area (Å²) >= 11 is 0. The van der Waals surface area contributed by atoms with Gasteiger partial charge < -0.3 is 9.84 Å². The molecule has 192 valence electrons. The van der Waals surface area contributed by atoms with Gasteiger partial charge in [0, 0.05) is 23.8 Å². The molecule has 0 radical (unpaired) electrons. The minimum Gasteiger partial charge on any atom is -0.490 e. The molecule has 1 saturated carbocycles. The summed E-state index contributed by atoms with van der Waals surface area (Å²) in [6.07, 6.45) is -11.4. The number of hydrogen-bond acceptors (Lipinski definition) is 4. The molecule has 1 aliphatic carbocycles. The molecule has 12 heteroatoms. The van der Waals surface area contributed by atoms with E-state index in [4.69, 9.17) is 9.84 Å². The first-order chi connectivity index (χ1) is 16.1. The lowest BCUT2D eigenvalue weighted by Gasteiger charge is -2.31. The maximum absolute atomic E-state index is 14.0. The van der Waals surface area contributed by atoms with E-state index < -0.39 is 58.5 Å². The van der Waals surface area contributed by atoms with Crippen LogP contribution in [0.1, 0.15) is 56.6 Å². The van der Waals surface area contributed by atoms with Gasteiger partial charge in [-0.3, -0.25) is 14.9 Å². The van der Waals surface area contributed by atoms with Crippen molar-refractivity contribution in [1.29, 1.82) is 0 Å². The highest BCUT2D eigenvalue weighted by Crippen LogP contribution is 2.44. The first-order valence-electron chi connectivity index (χ1n) is 10.9. The Balaban J connectivity index is 1.96. The smallest absolute Gasteiger partial charge is 0.420 e. The van der Waals surface area contributed by atoms with Gasteiger partial charge in [0.25, 0.3) is 0 Å². The van der Waals surface area contributed by atoms with E-state index in [0.29, 0.717) is 0 Å². The summed E-state index contributed by atoms with van der Waals surface area (Å²) in [5.41, 5.74) is -2.91. The third kappa shape index (κ3) is 5.79. The predicted octanol–water partition coefficient (Wildman–Crippen LogP) is 6.72. The molecule has 3 rings (SSSR count). The van der Waals surface area contributed by atoms with Gasteiger partial charge in [0.2, 0.25) is 5.54 Å². The van der Waals surface area contributed by atoms with Crippen LogP contribution in [0, 0.1) is 16.0 Å². The third-order valence-corrected chi connectivity index (χ3v) is 6.55. The standard InChI is InChI=1S/C23H23F6NO5/c1-21(30(33)34,11-10-19(31)32)15-5-8-17-13(12-15)2-9-18(20(17)23(27,28)29)35-16-6-3-14(4-7-16)22(24,25)26/h2,5,8-9,12,14,16H,3-4,6-7,10-11H2,1H3,(H,31,32). The molecule has 35 heavy (non-hydrogen) atoms. The van der Waals surface area contributed by atoms with Crippen LogP contribution in [0.15, 0.2) is 30.3 Å². The number of carboxylic acids is 1. The third-order valence-electron chi connectivity index (χ3n) is 6.55. The molecule has 0 aliphatic heterocycles. The van der Waals surface area contributed by atoms with Crippen molar-refractivity contribution in [3.05, 3.63) is 51.6 Å². The zero-order chi connectivity index (χ0) is 26.2. The van der Waals surface area contributed by atoms with Crippen LogP contribution in [-0.4, -0.2) is 28.3 Å². The number of ether oxygens (including phenoxy) is 1. The summed E-state index contributed by atoms with van der Waals surface area (Å²) in [6.45, 7) is 1.20. The minimum atomic E-state index is -4.87. The largest absolute Gasteiger partial charge is 0.490 e. The van der Waals surface area contributed by atoms with Crippen molar-refractivity contribution in [3.8, 4) is 5.75 Å². The van der Waals surface area contributed by atoms with Gasteiger partial charge in [-0.1, -0.05) is 18.2 Å². The number of carboxylic acid groups (broad SMARTS) is 1. The van der Waals surface area contributed by atoms with Gasteiger partial charge in [0.05, 0.1) is 18.4 Å². The average Bonchev–Trinajstić information content (AvgIpc) is 2.75. The van der Waals surface area contributed by atoms with Crippen LogP contribution in [-0.2, 0) is 16.5 Å². The molecule has 1 fully saturated rings. The van der Waals surface area contributed by atoms with Crippen molar-refractivity contribution in [1.82, 2.24) is 0 Å². The van der Waals surface area contributed by atoms with Crippen molar-refractivity contribution in [2.75, 3.05) is 0 Å². The summed E-state index contributed by atoms with van der Waals surface area (Å²) in [6, 6.07) is 5.80. The fraction of sp³-hybridized carbons (Fsp3) is 0.522. The Kier molecular flexibility index (Phi) is 7.24. The fourth-order valence-electron chi connectivity index (χ4n) is 4.41. The molecule has 1 N–H and O–H groups in total. The number of alkyl halides is 6. The van der Waals surface area contributed by atoms with Crippen LogP contribution in [0.3, 0.4) is 0 Å². The van der Waals surface area contributed by atoms with Crippen molar-refractivity contribution >= 4 is 16.7 Å². The van der Waals surface area contributed by atoms with Crippen molar-refractivity contribution in [2.24, 2.45) is 5.92 Å². The number of carbonyl (C=O) groups is 1. The number of benzene rings is 2. The lowest BCUT2D eigenvalue weighted by molar-refractivity contribution is -0.575. The van der Waals surface area contributed by atoms with Crippen LogP contribution >= 0.6 is 0 Å². The normalized spacial score (nSPS) is 20.9. The Bertz CT molecular complexity index is 1110. The van der Waals surface area contributed by atoms with Gasteiger partial charge >= 0.3 is 18.3 Å². The van der Waals surface area contributed by atoms with E-state index in [1.807, 2.05) is 0 Å². The Morgan fingerprint density at radius 1 is 1.09 bits per heavy atom. The van der Waals surface area contributed by atoms with E-state index in [2.05, 4.69) is 0 Å². The molecule has 2 aromatic rings. The second-order valence-corrected chi connectivity index (χ2v) is 8.93. The molecular weight excluding hydrogens is 484 g/mol. The molecule has 0 aromatic heterocycles. The highest BCUT2D eigenvalue weighted by molar-refractivity contribution is 5.89. The highest BCUT2D eigenvalue weighted by atomic mass is 19.4. The first kappa shape index (κ1) is 26.6. The molecule has 0 spiro atoms. The van der Waals surface area contributed by atoms with Crippen LogP contribution < -0.4 is 4.74 Å². The summed E-state index contributed by atoms with van der Waals surface area (Å²) in [5, 5.41) is 20.4. The quantitative estimate of drug-likeness (QED) is 0.255. The number of nitro groups is 1. The average molecular weight is 507 g/mol. The SMILES string of the molecule is CC(CCC(=O)O)(c1ccc2c(C(F)(F)F)c(OC3CCC(C(F)(F)F)CC3)ccc2c1)[N+](=O)[O-]. The molecule has 2 aromatic carbocycles. The van der Waals surface area contributed by atoms with E-state index in [0.717, 1.165) is 18.2 Å². The zero-order valence-corrected chi connectivity index (χ0v) is 18.6. The van der Waals surface area contributed by atoms with Gasteiger partial charge in [-0.15, -0.1) is 0 Å². The Labute approximate surface area is 196 Å². The molecular formula is C23H23F6NO5. The fourth-order valence-corrected chi connectivity index (χ4v) is 4.41. The Morgan fingerprint density at radius 3 is 2.23 bits per heavy atom. The lowest BCUT2D eigenvalue weighted by Crippen LogP contribution is -2.32. The molecule has 0 heterocycles. The van der Waals surface area contributed by atoms with Crippen LogP contribution in [0.4, 0.5) is 26.3 Å². The lowest BCUT2D eigenvalue weighted by atomic mass is 9.86.